The van der Waals surface area contributed by atoms with Gasteiger partial charge in [0.2, 0.25) is 0 Å². The van der Waals surface area contributed by atoms with Gasteiger partial charge in [-0.3, -0.25) is 10.2 Å². The molecular weight excluding hydrogens is 152 g/mol. The van der Waals surface area contributed by atoms with Gasteiger partial charge in [0.15, 0.2) is 0 Å². The minimum absolute atomic E-state index is 0.213. The van der Waals surface area contributed by atoms with Gasteiger partial charge in [-0.2, -0.15) is 0 Å². The van der Waals surface area contributed by atoms with E-state index in [0.717, 1.165) is 31.6 Å². The summed E-state index contributed by atoms with van der Waals surface area (Å²) in [5, 5.41) is 3.33. The molecule has 1 atom stereocenters. The maximum atomic E-state index is 10.5. The first-order valence-corrected chi connectivity index (χ1v) is 4.63. The molecule has 12 heavy (non-hydrogen) atoms. The molecule has 2 heterocycles. The summed E-state index contributed by atoms with van der Waals surface area (Å²) in [7, 11) is 0. The Kier molecular flexibility index (Phi) is 2.26. The monoisotopic (exact) mass is 166 g/mol. The van der Waals surface area contributed by atoms with Gasteiger partial charge in [-0.15, -0.1) is 0 Å². The van der Waals surface area contributed by atoms with E-state index in [1.54, 1.807) is 0 Å². The summed E-state index contributed by atoms with van der Waals surface area (Å²) >= 11 is 0. The van der Waals surface area contributed by atoms with Crippen LogP contribution in [0.2, 0.25) is 0 Å². The van der Waals surface area contributed by atoms with Crippen molar-refractivity contribution in [2.75, 3.05) is 19.6 Å². The second kappa shape index (κ2) is 3.40. The highest BCUT2D eigenvalue weighted by Crippen LogP contribution is 2.19. The SMILES string of the molecule is O=C=C1CCNC1N1CCCC1. The zero-order valence-electron chi connectivity index (χ0n) is 7.18. The fraction of sp³-hybridized carbons (Fsp3) is 0.778. The van der Waals surface area contributed by atoms with Crippen LogP contribution in [0, 0.1) is 0 Å². The van der Waals surface area contributed by atoms with Gasteiger partial charge in [-0.1, -0.05) is 0 Å². The molecule has 0 saturated carbocycles. The van der Waals surface area contributed by atoms with Gasteiger partial charge in [0.05, 0.1) is 6.17 Å². The Morgan fingerprint density at radius 2 is 2.17 bits per heavy atom. The number of likely N-dealkylation sites (tertiary alicyclic amines) is 1. The molecular formula is C9H14N2O. The van der Waals surface area contributed by atoms with E-state index in [-0.39, 0.29) is 6.17 Å². The van der Waals surface area contributed by atoms with Crippen molar-refractivity contribution in [1.82, 2.24) is 10.2 Å². The molecule has 66 valence electrons. The van der Waals surface area contributed by atoms with Crippen molar-refractivity contribution < 1.29 is 4.79 Å². The van der Waals surface area contributed by atoms with Gasteiger partial charge in [0.1, 0.15) is 5.94 Å². The van der Waals surface area contributed by atoms with Crippen LogP contribution in [-0.2, 0) is 4.79 Å². The lowest BCUT2D eigenvalue weighted by molar-refractivity contribution is 0.257. The number of nitrogens with zero attached hydrogens (tertiary/aromatic N) is 1. The van der Waals surface area contributed by atoms with Crippen molar-refractivity contribution >= 4 is 5.94 Å². The summed E-state index contributed by atoms with van der Waals surface area (Å²) in [6.07, 6.45) is 3.63. The van der Waals surface area contributed by atoms with Crippen molar-refractivity contribution in [2.45, 2.75) is 25.4 Å². The lowest BCUT2D eigenvalue weighted by atomic mass is 10.2. The molecule has 3 heteroatoms. The average Bonchev–Trinajstić information content (AvgIpc) is 2.74. The molecule has 0 radical (unpaired) electrons. The quantitative estimate of drug-likeness (QED) is 0.563. The van der Waals surface area contributed by atoms with E-state index in [2.05, 4.69) is 16.2 Å². The molecule has 2 fully saturated rings. The summed E-state index contributed by atoms with van der Waals surface area (Å²) < 4.78 is 0. The predicted octanol–water partition coefficient (Wildman–Crippen LogP) is 0.160. The smallest absolute Gasteiger partial charge is 0.126 e. The molecule has 0 bridgehead atoms. The summed E-state index contributed by atoms with van der Waals surface area (Å²) in [6.45, 7) is 3.19. The number of hydrogen-bond donors (Lipinski definition) is 1. The van der Waals surface area contributed by atoms with Crippen molar-refractivity contribution in [3.63, 3.8) is 0 Å². The van der Waals surface area contributed by atoms with E-state index in [1.165, 1.54) is 12.8 Å². The summed E-state index contributed by atoms with van der Waals surface area (Å²) in [4.78, 5) is 12.9. The highest BCUT2D eigenvalue weighted by molar-refractivity contribution is 5.55. The Bertz CT molecular complexity index is 215. The Labute approximate surface area is 72.4 Å². The largest absolute Gasteiger partial charge is 0.297 e. The third kappa shape index (κ3) is 1.31. The number of rotatable bonds is 1. The predicted molar refractivity (Wildman–Crippen MR) is 46.4 cm³/mol. The third-order valence-electron chi connectivity index (χ3n) is 2.70. The maximum Gasteiger partial charge on any atom is 0.126 e. The molecule has 1 N–H and O–H groups in total. The normalized spacial score (nSPS) is 31.0. The second-order valence-electron chi connectivity index (χ2n) is 3.48. The van der Waals surface area contributed by atoms with E-state index in [9.17, 15) is 4.79 Å². The van der Waals surface area contributed by atoms with Crippen molar-refractivity contribution in [3.8, 4) is 0 Å². The molecule has 1 unspecified atom stereocenters. The van der Waals surface area contributed by atoms with E-state index < -0.39 is 0 Å². The highest BCUT2D eigenvalue weighted by atomic mass is 16.1. The van der Waals surface area contributed by atoms with Crippen LogP contribution in [0.4, 0.5) is 0 Å². The molecule has 0 amide bonds. The topological polar surface area (TPSA) is 32.3 Å². The molecule has 0 aliphatic carbocycles. The lowest BCUT2D eigenvalue weighted by Gasteiger charge is -2.22. The average molecular weight is 166 g/mol. The molecule has 2 saturated heterocycles. The molecule has 2 aliphatic rings. The van der Waals surface area contributed by atoms with Crippen molar-refractivity contribution in [3.05, 3.63) is 5.57 Å². The van der Waals surface area contributed by atoms with Gasteiger partial charge in [-0.25, -0.2) is 4.79 Å². The Morgan fingerprint density at radius 3 is 2.83 bits per heavy atom. The molecule has 2 aliphatic heterocycles. The molecule has 0 aromatic heterocycles. The first-order valence-electron chi connectivity index (χ1n) is 4.63. The molecule has 0 aromatic carbocycles. The zero-order chi connectivity index (χ0) is 8.39. The van der Waals surface area contributed by atoms with Gasteiger partial charge >= 0.3 is 0 Å². The second-order valence-corrected chi connectivity index (χ2v) is 3.48. The zero-order valence-corrected chi connectivity index (χ0v) is 7.18. The van der Waals surface area contributed by atoms with Crippen LogP contribution in [0.15, 0.2) is 5.57 Å². The minimum atomic E-state index is 0.213. The molecule has 2 rings (SSSR count). The summed E-state index contributed by atoms with van der Waals surface area (Å²) in [5.74, 6) is 2.05. The molecule has 0 spiro atoms. The fourth-order valence-electron chi connectivity index (χ4n) is 2.06. The van der Waals surface area contributed by atoms with Gasteiger partial charge < -0.3 is 0 Å². The molecule has 3 nitrogen and oxygen atoms in total. The Balaban J connectivity index is 2.06. The first kappa shape index (κ1) is 7.99. The maximum absolute atomic E-state index is 10.5. The van der Waals surface area contributed by atoms with E-state index in [1.807, 2.05) is 0 Å². The highest BCUT2D eigenvalue weighted by Gasteiger charge is 2.28. The fourth-order valence-corrected chi connectivity index (χ4v) is 2.06. The summed E-state index contributed by atoms with van der Waals surface area (Å²) in [5.41, 5.74) is 0.914. The van der Waals surface area contributed by atoms with Gasteiger partial charge in [0.25, 0.3) is 0 Å². The number of hydrogen-bond acceptors (Lipinski definition) is 3. The Morgan fingerprint density at radius 1 is 1.42 bits per heavy atom. The van der Waals surface area contributed by atoms with Crippen LogP contribution in [0.5, 0.6) is 0 Å². The van der Waals surface area contributed by atoms with Crippen LogP contribution < -0.4 is 5.32 Å². The van der Waals surface area contributed by atoms with E-state index in [0.29, 0.717) is 0 Å². The lowest BCUT2D eigenvalue weighted by Crippen LogP contribution is -2.40. The first-order chi connectivity index (χ1) is 5.92. The van der Waals surface area contributed by atoms with E-state index >= 15 is 0 Å². The van der Waals surface area contributed by atoms with Crippen LogP contribution in [0.3, 0.4) is 0 Å². The van der Waals surface area contributed by atoms with Crippen LogP contribution >= 0.6 is 0 Å². The minimum Gasteiger partial charge on any atom is -0.297 e. The van der Waals surface area contributed by atoms with Crippen molar-refractivity contribution in [2.24, 2.45) is 0 Å². The van der Waals surface area contributed by atoms with Crippen molar-refractivity contribution in [1.29, 1.82) is 0 Å². The number of nitrogens with one attached hydrogen (secondary N) is 1. The molecule has 0 aromatic rings. The Hall–Kier alpha value is -0.630. The third-order valence-corrected chi connectivity index (χ3v) is 2.70. The van der Waals surface area contributed by atoms with E-state index in [4.69, 9.17) is 0 Å². The summed E-state index contributed by atoms with van der Waals surface area (Å²) in [6, 6.07) is 0. The van der Waals surface area contributed by atoms with Gasteiger partial charge in [-0.05, 0) is 32.4 Å². The number of carbonyl (C=O) groups excluding carboxylic acids is 1. The van der Waals surface area contributed by atoms with Crippen LogP contribution in [0.1, 0.15) is 19.3 Å². The van der Waals surface area contributed by atoms with Crippen LogP contribution in [0.25, 0.3) is 0 Å². The van der Waals surface area contributed by atoms with Gasteiger partial charge in [0, 0.05) is 12.1 Å². The van der Waals surface area contributed by atoms with Crippen LogP contribution in [-0.4, -0.2) is 36.6 Å². The standard InChI is InChI=1S/C9H14N2O/c12-7-8-3-4-10-9(8)11-5-1-2-6-11/h9-10H,1-6H2.